The van der Waals surface area contributed by atoms with Crippen LogP contribution < -0.4 is 5.73 Å². The van der Waals surface area contributed by atoms with Crippen LogP contribution in [0.3, 0.4) is 0 Å². The van der Waals surface area contributed by atoms with Crippen LogP contribution in [0.25, 0.3) is 0 Å². The fourth-order valence-corrected chi connectivity index (χ4v) is 1.55. The van der Waals surface area contributed by atoms with Crippen molar-refractivity contribution in [2.75, 3.05) is 0 Å². The molecule has 0 amide bonds. The molecule has 0 aliphatic rings. The van der Waals surface area contributed by atoms with Gasteiger partial charge in [-0.3, -0.25) is 4.79 Å². The van der Waals surface area contributed by atoms with E-state index in [1.807, 2.05) is 19.9 Å². The van der Waals surface area contributed by atoms with Gasteiger partial charge in [0.05, 0.1) is 0 Å². The minimum Gasteiger partial charge on any atom is -0.461 e. The highest BCUT2D eigenvalue weighted by molar-refractivity contribution is 5.76. The fraction of sp³-hybridized carbons (Fsp3) is 0.500. The summed E-state index contributed by atoms with van der Waals surface area (Å²) in [6.07, 6.45) is 2.10. The Kier molecular flexibility index (Phi) is 5.70. The molecule has 2 N–H and O–H groups in total. The van der Waals surface area contributed by atoms with E-state index in [9.17, 15) is 4.79 Å². The minimum atomic E-state index is -0.605. The number of benzene rings is 1. The Morgan fingerprint density at radius 1 is 1.41 bits per heavy atom. The van der Waals surface area contributed by atoms with Crippen LogP contribution >= 0.6 is 0 Å². The highest BCUT2D eigenvalue weighted by Gasteiger charge is 2.18. The molecule has 3 heteroatoms. The van der Waals surface area contributed by atoms with E-state index in [1.165, 1.54) is 0 Å². The molecule has 1 atom stereocenters. The zero-order chi connectivity index (χ0) is 12.7. The SMILES string of the molecule is CCC(CC)OC(=O)[C@@H](N)Cc1c[c][c]cc1. The molecule has 17 heavy (non-hydrogen) atoms. The summed E-state index contributed by atoms with van der Waals surface area (Å²) in [6, 6.07) is 10.5. The average Bonchev–Trinajstić information content (AvgIpc) is 2.36. The van der Waals surface area contributed by atoms with E-state index in [1.54, 1.807) is 12.1 Å². The quantitative estimate of drug-likeness (QED) is 0.763. The van der Waals surface area contributed by atoms with Gasteiger partial charge in [0.1, 0.15) is 12.1 Å². The standard InChI is InChI=1S/C14H19NO2/c1-3-12(4-2)17-14(16)13(15)10-11-8-6-5-7-9-11/h6,8-9,12-13H,3-4,10,15H2,1-2H3/t13-/m0/s1. The molecule has 0 unspecified atom stereocenters. The summed E-state index contributed by atoms with van der Waals surface area (Å²) >= 11 is 0. The number of carbonyl (C=O) groups is 1. The molecule has 1 rings (SSSR count). The smallest absolute Gasteiger partial charge is 0.323 e. The van der Waals surface area contributed by atoms with Crippen molar-refractivity contribution in [3.05, 3.63) is 35.9 Å². The van der Waals surface area contributed by atoms with Gasteiger partial charge in [-0.25, -0.2) is 0 Å². The second-order valence-corrected chi connectivity index (χ2v) is 4.03. The molecule has 1 aromatic carbocycles. The lowest BCUT2D eigenvalue weighted by molar-refractivity contribution is -0.150. The molecule has 0 aromatic heterocycles. The first-order chi connectivity index (χ1) is 8.17. The summed E-state index contributed by atoms with van der Waals surface area (Å²) in [5.41, 5.74) is 6.78. The molecule has 0 aliphatic heterocycles. The van der Waals surface area contributed by atoms with E-state index in [0.717, 1.165) is 18.4 Å². The molecule has 3 nitrogen and oxygen atoms in total. The summed E-state index contributed by atoms with van der Waals surface area (Å²) in [7, 11) is 0. The molecule has 0 fully saturated rings. The molecule has 2 radical (unpaired) electrons. The van der Waals surface area contributed by atoms with Gasteiger partial charge in [-0.2, -0.15) is 0 Å². The summed E-state index contributed by atoms with van der Waals surface area (Å²) in [5.74, 6) is -0.327. The molecule has 92 valence electrons. The number of carbonyl (C=O) groups excluding carboxylic acids is 1. The zero-order valence-corrected chi connectivity index (χ0v) is 10.4. The third-order valence-corrected chi connectivity index (χ3v) is 2.67. The van der Waals surface area contributed by atoms with Crippen molar-refractivity contribution in [3.8, 4) is 0 Å². The largest absolute Gasteiger partial charge is 0.461 e. The summed E-state index contributed by atoms with van der Waals surface area (Å²) < 4.78 is 5.30. The number of esters is 1. The lowest BCUT2D eigenvalue weighted by atomic mass is 10.1. The van der Waals surface area contributed by atoms with E-state index in [4.69, 9.17) is 10.5 Å². The summed E-state index contributed by atoms with van der Waals surface area (Å²) in [6.45, 7) is 3.99. The highest BCUT2D eigenvalue weighted by atomic mass is 16.5. The van der Waals surface area contributed by atoms with Gasteiger partial charge >= 0.3 is 5.97 Å². The van der Waals surface area contributed by atoms with Crippen LogP contribution in [0.5, 0.6) is 0 Å². The summed E-state index contributed by atoms with van der Waals surface area (Å²) in [4.78, 5) is 11.7. The topological polar surface area (TPSA) is 52.3 Å². The van der Waals surface area contributed by atoms with Gasteiger partial charge in [-0.1, -0.05) is 32.0 Å². The number of hydrogen-bond acceptors (Lipinski definition) is 3. The van der Waals surface area contributed by atoms with E-state index in [-0.39, 0.29) is 12.1 Å². The molecule has 0 spiro atoms. The average molecular weight is 233 g/mol. The van der Waals surface area contributed by atoms with Gasteiger partial charge < -0.3 is 10.5 Å². The zero-order valence-electron chi connectivity index (χ0n) is 10.4. The maximum absolute atomic E-state index is 11.7. The Balaban J connectivity index is 2.47. The molecule has 0 aliphatic carbocycles. The van der Waals surface area contributed by atoms with Crippen LogP contribution in [0.15, 0.2) is 18.2 Å². The van der Waals surface area contributed by atoms with E-state index >= 15 is 0 Å². The van der Waals surface area contributed by atoms with Gasteiger partial charge in [0.2, 0.25) is 0 Å². The van der Waals surface area contributed by atoms with Crippen molar-refractivity contribution in [1.29, 1.82) is 0 Å². The number of hydrogen-bond donors (Lipinski definition) is 1. The van der Waals surface area contributed by atoms with Gasteiger partial charge in [0, 0.05) is 0 Å². The van der Waals surface area contributed by atoms with Crippen molar-refractivity contribution in [2.24, 2.45) is 5.73 Å². The Bertz CT molecular complexity index is 333. The Morgan fingerprint density at radius 2 is 2.12 bits per heavy atom. The molecule has 0 heterocycles. The Labute approximate surface area is 103 Å². The van der Waals surface area contributed by atoms with Gasteiger partial charge in [-0.15, -0.1) is 0 Å². The maximum Gasteiger partial charge on any atom is 0.323 e. The van der Waals surface area contributed by atoms with Crippen LogP contribution in [0, 0.1) is 12.1 Å². The van der Waals surface area contributed by atoms with Crippen molar-refractivity contribution < 1.29 is 9.53 Å². The first kappa shape index (κ1) is 13.7. The first-order valence-corrected chi connectivity index (χ1v) is 6.00. The van der Waals surface area contributed by atoms with Crippen molar-refractivity contribution in [2.45, 2.75) is 45.3 Å². The molecular weight excluding hydrogens is 214 g/mol. The van der Waals surface area contributed by atoms with Gasteiger partial charge in [0.15, 0.2) is 0 Å². The number of ether oxygens (including phenoxy) is 1. The fourth-order valence-electron chi connectivity index (χ4n) is 1.55. The second kappa shape index (κ2) is 7.07. The highest BCUT2D eigenvalue weighted by Crippen LogP contribution is 2.07. The van der Waals surface area contributed by atoms with Crippen LogP contribution in [0.1, 0.15) is 32.3 Å². The normalized spacial score (nSPS) is 12.5. The third-order valence-electron chi connectivity index (χ3n) is 2.67. The van der Waals surface area contributed by atoms with Gasteiger partial charge in [0.25, 0.3) is 0 Å². The monoisotopic (exact) mass is 233 g/mol. The molecule has 0 saturated carbocycles. The van der Waals surface area contributed by atoms with Crippen LogP contribution in [0.2, 0.25) is 0 Å². The Hall–Kier alpha value is -1.35. The van der Waals surface area contributed by atoms with Crippen LogP contribution in [-0.4, -0.2) is 18.1 Å². The van der Waals surface area contributed by atoms with E-state index in [2.05, 4.69) is 12.1 Å². The van der Waals surface area contributed by atoms with E-state index < -0.39 is 6.04 Å². The molecule has 0 saturated heterocycles. The van der Waals surface area contributed by atoms with Crippen LogP contribution in [-0.2, 0) is 16.0 Å². The third kappa shape index (κ3) is 4.57. The van der Waals surface area contributed by atoms with Crippen molar-refractivity contribution in [1.82, 2.24) is 0 Å². The van der Waals surface area contributed by atoms with Crippen molar-refractivity contribution in [3.63, 3.8) is 0 Å². The first-order valence-electron chi connectivity index (χ1n) is 6.00. The lowest BCUT2D eigenvalue weighted by Gasteiger charge is -2.17. The van der Waals surface area contributed by atoms with E-state index in [0.29, 0.717) is 6.42 Å². The predicted octanol–water partition coefficient (Wildman–Crippen LogP) is 1.89. The predicted molar refractivity (Wildman–Crippen MR) is 66.3 cm³/mol. The Morgan fingerprint density at radius 3 is 2.65 bits per heavy atom. The maximum atomic E-state index is 11.7. The van der Waals surface area contributed by atoms with Crippen molar-refractivity contribution >= 4 is 5.97 Å². The molecule has 0 bridgehead atoms. The minimum absolute atomic E-state index is 0.0239. The lowest BCUT2D eigenvalue weighted by Crippen LogP contribution is -2.36. The van der Waals surface area contributed by atoms with Crippen LogP contribution in [0.4, 0.5) is 0 Å². The summed E-state index contributed by atoms with van der Waals surface area (Å²) in [5, 5.41) is 0. The molecular formula is C14H19NO2. The number of rotatable bonds is 6. The number of nitrogens with two attached hydrogens (primary N) is 1. The second-order valence-electron chi connectivity index (χ2n) is 4.03. The molecule has 1 aromatic rings. The van der Waals surface area contributed by atoms with Gasteiger partial charge in [-0.05, 0) is 37.0 Å².